The van der Waals surface area contributed by atoms with Crippen LogP contribution in [0.25, 0.3) is 0 Å². The third kappa shape index (κ3) is 6.84. The summed E-state index contributed by atoms with van der Waals surface area (Å²) in [6.45, 7) is 1.81. The summed E-state index contributed by atoms with van der Waals surface area (Å²) in [6.07, 6.45) is -6.74. The van der Waals surface area contributed by atoms with Gasteiger partial charge in [0, 0.05) is 7.11 Å². The molecule has 0 bridgehead atoms. The fourth-order valence-corrected chi connectivity index (χ4v) is 5.33. The Morgan fingerprint density at radius 1 is 0.795 bits per heavy atom. The molecule has 0 aromatic heterocycles. The van der Waals surface area contributed by atoms with Crippen LogP contribution < -0.4 is 0 Å². The first-order valence-corrected chi connectivity index (χ1v) is 13.9. The van der Waals surface area contributed by atoms with Crippen molar-refractivity contribution >= 4 is 33.7 Å². The lowest BCUT2D eigenvalue weighted by molar-refractivity contribution is -0.277. The molecule has 11 heteroatoms. The molecule has 3 aromatic carbocycles. The maximum Gasteiger partial charge on any atom is 0.338 e. The molecular weight excluding hydrogens is 548 g/mol. The fraction of sp³-hybridized carbons (Fsp3) is 0.286. The molecule has 1 aliphatic heterocycles. The van der Waals surface area contributed by atoms with Crippen molar-refractivity contribution in [1.29, 1.82) is 0 Å². The van der Waals surface area contributed by atoms with Crippen LogP contribution in [-0.4, -0.2) is 64.1 Å². The summed E-state index contributed by atoms with van der Waals surface area (Å²) in [4.78, 5) is 26.0. The Balaban J connectivity index is 1.73. The van der Waals surface area contributed by atoms with Crippen LogP contribution in [-0.2, 0) is 33.2 Å². The second kappa shape index (κ2) is 12.7. The van der Waals surface area contributed by atoms with E-state index in [4.69, 9.17) is 34.7 Å². The van der Waals surface area contributed by atoms with Crippen LogP contribution in [0.1, 0.15) is 26.3 Å². The van der Waals surface area contributed by atoms with Crippen LogP contribution in [0.4, 0.5) is 0 Å². The number of hydrogen-bond acceptors (Lipinski definition) is 9. The summed E-state index contributed by atoms with van der Waals surface area (Å²) in [5.41, 5.74) is 1.25. The van der Waals surface area contributed by atoms with Gasteiger partial charge in [0.2, 0.25) is 0 Å². The summed E-state index contributed by atoms with van der Waals surface area (Å²) in [5, 5.41) is 0. The van der Waals surface area contributed by atoms with Crippen LogP contribution >= 0.6 is 11.6 Å². The van der Waals surface area contributed by atoms with Gasteiger partial charge in [-0.3, -0.25) is 4.18 Å². The standard InChI is InChI=1S/C28H27ClO9S/c1-18-13-15-21(16-14-18)39(32,33)38-25-24(37-27(31)20-11-7-4-8-12-20)23(22(17-29)35-28(25)34-2)36-26(30)19-9-5-3-6-10-19/h3-16,22-25,28H,17H2,1-2H3. The van der Waals surface area contributed by atoms with E-state index < -0.39 is 52.8 Å². The van der Waals surface area contributed by atoms with Gasteiger partial charge >= 0.3 is 11.9 Å². The van der Waals surface area contributed by atoms with Crippen molar-refractivity contribution in [3.8, 4) is 0 Å². The van der Waals surface area contributed by atoms with E-state index in [-0.39, 0.29) is 21.9 Å². The van der Waals surface area contributed by atoms with Crippen LogP contribution in [0.15, 0.2) is 89.8 Å². The van der Waals surface area contributed by atoms with Gasteiger partial charge in [0.1, 0.15) is 6.10 Å². The molecule has 9 nitrogen and oxygen atoms in total. The summed E-state index contributed by atoms with van der Waals surface area (Å²) >= 11 is 6.17. The van der Waals surface area contributed by atoms with Crippen molar-refractivity contribution < 1.29 is 41.1 Å². The molecule has 0 aliphatic carbocycles. The van der Waals surface area contributed by atoms with E-state index in [1.165, 1.54) is 31.4 Å². The fourth-order valence-electron chi connectivity index (χ4n) is 4.01. The lowest BCUT2D eigenvalue weighted by Crippen LogP contribution is -2.62. The number of hydrogen-bond donors (Lipinski definition) is 0. The molecule has 39 heavy (non-hydrogen) atoms. The van der Waals surface area contributed by atoms with Gasteiger partial charge in [-0.1, -0.05) is 54.1 Å². The van der Waals surface area contributed by atoms with Gasteiger partial charge in [-0.25, -0.2) is 9.59 Å². The molecule has 1 aliphatic rings. The molecule has 1 saturated heterocycles. The van der Waals surface area contributed by atoms with Gasteiger partial charge < -0.3 is 18.9 Å². The lowest BCUT2D eigenvalue weighted by atomic mass is 9.98. The summed E-state index contributed by atoms with van der Waals surface area (Å²) in [7, 11) is -3.13. The highest BCUT2D eigenvalue weighted by Crippen LogP contribution is 2.33. The second-order valence-electron chi connectivity index (χ2n) is 8.73. The largest absolute Gasteiger partial charge is 0.452 e. The van der Waals surface area contributed by atoms with E-state index in [0.29, 0.717) is 0 Å². The number of alkyl halides is 1. The highest BCUT2D eigenvalue weighted by Gasteiger charge is 2.53. The molecule has 4 rings (SSSR count). The number of halogens is 1. The molecule has 0 radical (unpaired) electrons. The van der Waals surface area contributed by atoms with Gasteiger partial charge in [-0.05, 0) is 43.3 Å². The van der Waals surface area contributed by atoms with Gasteiger partial charge in [0.05, 0.1) is 21.9 Å². The minimum atomic E-state index is -4.41. The van der Waals surface area contributed by atoms with Crippen molar-refractivity contribution in [2.24, 2.45) is 0 Å². The molecule has 1 fully saturated rings. The SMILES string of the molecule is COC1OC(CCl)C(OC(=O)c2ccccc2)C(OC(=O)c2ccccc2)C1OS(=O)(=O)c1ccc(C)cc1. The number of carbonyl (C=O) groups excluding carboxylic acids is 2. The van der Waals surface area contributed by atoms with Crippen LogP contribution in [0.2, 0.25) is 0 Å². The Morgan fingerprint density at radius 2 is 1.31 bits per heavy atom. The third-order valence-electron chi connectivity index (χ3n) is 6.03. The molecule has 0 saturated carbocycles. The average molecular weight is 575 g/mol. The Bertz CT molecular complexity index is 1370. The monoisotopic (exact) mass is 574 g/mol. The number of esters is 2. The van der Waals surface area contributed by atoms with Crippen molar-refractivity contribution in [3.05, 3.63) is 102 Å². The van der Waals surface area contributed by atoms with Crippen molar-refractivity contribution in [2.75, 3.05) is 13.0 Å². The lowest BCUT2D eigenvalue weighted by Gasteiger charge is -2.43. The van der Waals surface area contributed by atoms with Gasteiger partial charge in [-0.15, -0.1) is 11.6 Å². The van der Waals surface area contributed by atoms with E-state index in [9.17, 15) is 18.0 Å². The number of ether oxygens (including phenoxy) is 4. The molecule has 5 unspecified atom stereocenters. The first-order chi connectivity index (χ1) is 18.7. The average Bonchev–Trinajstić information content (AvgIpc) is 2.95. The molecule has 206 valence electrons. The number of methoxy groups -OCH3 is 1. The topological polar surface area (TPSA) is 114 Å². The Morgan fingerprint density at radius 3 is 1.79 bits per heavy atom. The summed E-state index contributed by atoms with van der Waals surface area (Å²) in [6, 6.07) is 22.2. The smallest absolute Gasteiger partial charge is 0.338 e. The second-order valence-corrected chi connectivity index (χ2v) is 10.6. The first-order valence-electron chi connectivity index (χ1n) is 12.0. The van der Waals surface area contributed by atoms with Crippen molar-refractivity contribution in [3.63, 3.8) is 0 Å². The minimum Gasteiger partial charge on any atom is -0.452 e. The zero-order chi connectivity index (χ0) is 28.0. The number of benzene rings is 3. The quantitative estimate of drug-likeness (QED) is 0.211. The van der Waals surface area contributed by atoms with Crippen LogP contribution in [0, 0.1) is 6.92 Å². The van der Waals surface area contributed by atoms with Crippen molar-refractivity contribution in [2.45, 2.75) is 42.5 Å². The Hall–Kier alpha value is -3.28. The van der Waals surface area contributed by atoms with E-state index in [2.05, 4.69) is 0 Å². The number of rotatable bonds is 9. The maximum absolute atomic E-state index is 13.3. The van der Waals surface area contributed by atoms with E-state index in [0.717, 1.165) is 5.56 Å². The highest BCUT2D eigenvalue weighted by molar-refractivity contribution is 7.86. The molecule has 1 heterocycles. The van der Waals surface area contributed by atoms with Crippen molar-refractivity contribution in [1.82, 2.24) is 0 Å². The molecule has 0 spiro atoms. The number of aryl methyl sites for hydroxylation is 1. The Labute approximate surface area is 231 Å². The Kier molecular flexibility index (Phi) is 9.36. The first kappa shape index (κ1) is 28.7. The summed E-state index contributed by atoms with van der Waals surface area (Å²) in [5.74, 6) is -1.74. The molecular formula is C28H27ClO9S. The normalized spacial score (nSPS) is 23.1. The third-order valence-corrected chi connectivity index (χ3v) is 7.66. The highest BCUT2D eigenvalue weighted by atomic mass is 35.5. The maximum atomic E-state index is 13.3. The number of carbonyl (C=O) groups is 2. The zero-order valence-electron chi connectivity index (χ0n) is 21.1. The predicted molar refractivity (Wildman–Crippen MR) is 141 cm³/mol. The van der Waals surface area contributed by atoms with E-state index in [1.807, 2.05) is 6.92 Å². The molecule has 0 amide bonds. The van der Waals surface area contributed by atoms with Crippen LogP contribution in [0.5, 0.6) is 0 Å². The van der Waals surface area contributed by atoms with Gasteiger partial charge in [0.25, 0.3) is 10.1 Å². The van der Waals surface area contributed by atoms with E-state index in [1.54, 1.807) is 60.7 Å². The van der Waals surface area contributed by atoms with Gasteiger partial charge in [0.15, 0.2) is 24.6 Å². The zero-order valence-corrected chi connectivity index (χ0v) is 22.7. The molecule has 3 aromatic rings. The predicted octanol–water partition coefficient (Wildman–Crippen LogP) is 4.13. The summed E-state index contributed by atoms with van der Waals surface area (Å²) < 4.78 is 54.9. The molecule has 5 atom stereocenters. The minimum absolute atomic E-state index is 0.131. The van der Waals surface area contributed by atoms with E-state index >= 15 is 0 Å². The van der Waals surface area contributed by atoms with Gasteiger partial charge in [-0.2, -0.15) is 8.42 Å². The van der Waals surface area contributed by atoms with Crippen LogP contribution in [0.3, 0.4) is 0 Å². The molecule has 0 N–H and O–H groups in total.